The van der Waals surface area contributed by atoms with E-state index in [1.807, 2.05) is 27.7 Å². The van der Waals surface area contributed by atoms with Gasteiger partial charge in [0.2, 0.25) is 0 Å². The summed E-state index contributed by atoms with van der Waals surface area (Å²) in [4.78, 5) is 23.5. The molecular weight excluding hydrogens is 292 g/mol. The van der Waals surface area contributed by atoms with E-state index in [-0.39, 0.29) is 37.0 Å². The van der Waals surface area contributed by atoms with E-state index in [4.69, 9.17) is 9.47 Å². The minimum absolute atomic E-state index is 0.0300. The summed E-state index contributed by atoms with van der Waals surface area (Å²) in [6.45, 7) is 10.2. The van der Waals surface area contributed by atoms with Crippen LogP contribution in [-0.2, 0) is 19.1 Å². The molecule has 0 spiro atoms. The molecule has 0 saturated heterocycles. The van der Waals surface area contributed by atoms with Crippen LogP contribution in [0.3, 0.4) is 0 Å². The van der Waals surface area contributed by atoms with Gasteiger partial charge in [0, 0.05) is 12.8 Å². The van der Waals surface area contributed by atoms with Crippen LogP contribution in [-0.4, -0.2) is 24.1 Å². The summed E-state index contributed by atoms with van der Waals surface area (Å²) in [7, 11) is 0. The lowest BCUT2D eigenvalue weighted by atomic mass is 10.1. The van der Waals surface area contributed by atoms with Crippen molar-refractivity contribution in [3.05, 3.63) is 0 Å². The van der Waals surface area contributed by atoms with E-state index in [1.54, 1.807) is 0 Å². The Balaban J connectivity index is 3.78. The average Bonchev–Trinajstić information content (AvgIpc) is 2.48. The molecule has 0 saturated carbocycles. The summed E-state index contributed by atoms with van der Waals surface area (Å²) in [6, 6.07) is 0. The van der Waals surface area contributed by atoms with Gasteiger partial charge in [-0.25, -0.2) is 0 Å². The van der Waals surface area contributed by atoms with Crippen molar-refractivity contribution in [3.8, 4) is 0 Å². The molecule has 0 heterocycles. The fraction of sp³-hybridized carbons (Fsp3) is 0.895. The van der Waals surface area contributed by atoms with Crippen molar-refractivity contribution in [3.63, 3.8) is 0 Å². The SMILES string of the molecule is CCCCCCC(C)OC(=O)CCCC(=O)OC(CC)C(C)C. The second kappa shape index (κ2) is 13.4. The molecule has 2 atom stereocenters. The van der Waals surface area contributed by atoms with Crippen molar-refractivity contribution in [2.45, 2.75) is 105 Å². The Labute approximate surface area is 142 Å². The van der Waals surface area contributed by atoms with Gasteiger partial charge in [-0.3, -0.25) is 9.59 Å². The molecule has 0 fully saturated rings. The summed E-state index contributed by atoms with van der Waals surface area (Å²) in [5.74, 6) is -0.106. The van der Waals surface area contributed by atoms with Crippen LogP contribution in [0, 0.1) is 5.92 Å². The lowest BCUT2D eigenvalue weighted by Gasteiger charge is -2.19. The lowest BCUT2D eigenvalue weighted by molar-refractivity contribution is -0.152. The third-order valence-corrected chi connectivity index (χ3v) is 3.99. The quantitative estimate of drug-likeness (QED) is 0.351. The fourth-order valence-electron chi connectivity index (χ4n) is 2.50. The molecule has 0 bridgehead atoms. The van der Waals surface area contributed by atoms with Crippen molar-refractivity contribution in [2.24, 2.45) is 5.92 Å². The lowest BCUT2D eigenvalue weighted by Crippen LogP contribution is -2.23. The third-order valence-electron chi connectivity index (χ3n) is 3.99. The summed E-state index contributed by atoms with van der Waals surface area (Å²) < 4.78 is 10.8. The highest BCUT2D eigenvalue weighted by Crippen LogP contribution is 2.13. The number of carbonyl (C=O) groups excluding carboxylic acids is 2. The number of unbranched alkanes of at least 4 members (excludes halogenated alkanes) is 3. The average molecular weight is 328 g/mol. The summed E-state index contributed by atoms with van der Waals surface area (Å²) in [5.41, 5.74) is 0. The van der Waals surface area contributed by atoms with Gasteiger partial charge < -0.3 is 9.47 Å². The van der Waals surface area contributed by atoms with Gasteiger partial charge in [0.1, 0.15) is 6.10 Å². The van der Waals surface area contributed by atoms with Crippen molar-refractivity contribution >= 4 is 11.9 Å². The maximum Gasteiger partial charge on any atom is 0.306 e. The summed E-state index contributed by atoms with van der Waals surface area (Å²) in [6.07, 6.45) is 7.47. The Morgan fingerprint density at radius 2 is 1.43 bits per heavy atom. The van der Waals surface area contributed by atoms with E-state index in [9.17, 15) is 9.59 Å². The molecule has 4 heteroatoms. The smallest absolute Gasteiger partial charge is 0.306 e. The molecule has 0 rings (SSSR count). The van der Waals surface area contributed by atoms with Gasteiger partial charge in [-0.05, 0) is 38.5 Å². The topological polar surface area (TPSA) is 52.6 Å². The molecule has 136 valence electrons. The van der Waals surface area contributed by atoms with Gasteiger partial charge in [-0.2, -0.15) is 0 Å². The highest BCUT2D eigenvalue weighted by Gasteiger charge is 2.17. The molecule has 0 N–H and O–H groups in total. The molecule has 0 aliphatic carbocycles. The number of ether oxygens (including phenoxy) is 2. The maximum absolute atomic E-state index is 11.7. The largest absolute Gasteiger partial charge is 0.463 e. The molecule has 0 aromatic carbocycles. The fourth-order valence-corrected chi connectivity index (χ4v) is 2.50. The van der Waals surface area contributed by atoms with Crippen LogP contribution in [0.25, 0.3) is 0 Å². The van der Waals surface area contributed by atoms with Crippen LogP contribution in [0.4, 0.5) is 0 Å². The van der Waals surface area contributed by atoms with Crippen molar-refractivity contribution in [1.29, 1.82) is 0 Å². The first-order chi connectivity index (χ1) is 10.9. The number of esters is 2. The molecule has 0 aromatic rings. The predicted molar refractivity (Wildman–Crippen MR) is 93.2 cm³/mol. The zero-order valence-electron chi connectivity index (χ0n) is 15.7. The van der Waals surface area contributed by atoms with Gasteiger partial charge in [0.05, 0.1) is 6.10 Å². The number of rotatable bonds is 13. The Morgan fingerprint density at radius 1 is 0.826 bits per heavy atom. The van der Waals surface area contributed by atoms with Crippen LogP contribution in [0.2, 0.25) is 0 Å². The highest BCUT2D eigenvalue weighted by molar-refractivity contribution is 5.72. The van der Waals surface area contributed by atoms with E-state index in [1.165, 1.54) is 19.3 Å². The van der Waals surface area contributed by atoms with Crippen molar-refractivity contribution in [2.75, 3.05) is 0 Å². The maximum atomic E-state index is 11.7. The molecule has 0 amide bonds. The van der Waals surface area contributed by atoms with E-state index in [0.29, 0.717) is 12.3 Å². The molecule has 0 aliphatic rings. The minimum Gasteiger partial charge on any atom is -0.463 e. The van der Waals surface area contributed by atoms with Gasteiger partial charge in [-0.1, -0.05) is 47.0 Å². The van der Waals surface area contributed by atoms with Crippen LogP contribution in [0.5, 0.6) is 0 Å². The van der Waals surface area contributed by atoms with Crippen molar-refractivity contribution in [1.82, 2.24) is 0 Å². The van der Waals surface area contributed by atoms with Gasteiger partial charge >= 0.3 is 11.9 Å². The third kappa shape index (κ3) is 12.1. The van der Waals surface area contributed by atoms with Crippen LogP contribution in [0.15, 0.2) is 0 Å². The molecular formula is C19H36O4. The molecule has 0 radical (unpaired) electrons. The van der Waals surface area contributed by atoms with Crippen LogP contribution >= 0.6 is 0 Å². The zero-order chi connectivity index (χ0) is 17.7. The standard InChI is InChI=1S/C19H36O4/c1-6-8-9-10-12-16(5)22-18(20)13-11-14-19(21)23-17(7-2)15(3)4/h15-17H,6-14H2,1-5H3. The van der Waals surface area contributed by atoms with E-state index < -0.39 is 0 Å². The Bertz CT molecular complexity index is 325. The number of hydrogen-bond donors (Lipinski definition) is 0. The molecule has 2 unspecified atom stereocenters. The Morgan fingerprint density at radius 3 is 1.96 bits per heavy atom. The van der Waals surface area contributed by atoms with Gasteiger partial charge in [0.25, 0.3) is 0 Å². The van der Waals surface area contributed by atoms with Crippen molar-refractivity contribution < 1.29 is 19.1 Å². The van der Waals surface area contributed by atoms with E-state index in [0.717, 1.165) is 19.3 Å². The van der Waals surface area contributed by atoms with E-state index in [2.05, 4.69) is 6.92 Å². The van der Waals surface area contributed by atoms with Crippen LogP contribution < -0.4 is 0 Å². The zero-order valence-corrected chi connectivity index (χ0v) is 15.7. The summed E-state index contributed by atoms with van der Waals surface area (Å²) >= 11 is 0. The van der Waals surface area contributed by atoms with Gasteiger partial charge in [0.15, 0.2) is 0 Å². The molecule has 0 aliphatic heterocycles. The second-order valence-corrected chi connectivity index (χ2v) is 6.68. The predicted octanol–water partition coefficient (Wildman–Crippen LogP) is 5.04. The highest BCUT2D eigenvalue weighted by atomic mass is 16.5. The normalized spacial score (nSPS) is 13.7. The summed E-state index contributed by atoms with van der Waals surface area (Å²) in [5, 5.41) is 0. The van der Waals surface area contributed by atoms with E-state index >= 15 is 0 Å². The van der Waals surface area contributed by atoms with Gasteiger partial charge in [-0.15, -0.1) is 0 Å². The number of hydrogen-bond acceptors (Lipinski definition) is 4. The monoisotopic (exact) mass is 328 g/mol. The Kier molecular flexibility index (Phi) is 12.8. The molecule has 23 heavy (non-hydrogen) atoms. The first kappa shape index (κ1) is 21.9. The first-order valence-electron chi connectivity index (χ1n) is 9.29. The van der Waals surface area contributed by atoms with Crippen LogP contribution in [0.1, 0.15) is 92.4 Å². The molecule has 4 nitrogen and oxygen atoms in total. The Hall–Kier alpha value is -1.06. The second-order valence-electron chi connectivity index (χ2n) is 6.68. The first-order valence-corrected chi connectivity index (χ1v) is 9.29. The number of carbonyl (C=O) groups is 2. The minimum atomic E-state index is -0.217. The molecule has 0 aromatic heterocycles.